The SMILES string of the molecule is COC(=O)c1cc(C(=O)Nc2ccc3c(c2)oc2ccccc23)cc([N+](=O)[O-])c1. The summed E-state index contributed by atoms with van der Waals surface area (Å²) in [4.78, 5) is 34.9. The van der Waals surface area contributed by atoms with Crippen LogP contribution >= 0.6 is 0 Å². The van der Waals surface area contributed by atoms with Gasteiger partial charge >= 0.3 is 5.97 Å². The largest absolute Gasteiger partial charge is 0.465 e. The number of nitro benzene ring substituents is 1. The summed E-state index contributed by atoms with van der Waals surface area (Å²) >= 11 is 0. The minimum absolute atomic E-state index is 0.0377. The molecular weight excluding hydrogens is 376 g/mol. The van der Waals surface area contributed by atoms with Crippen LogP contribution in [-0.2, 0) is 4.74 Å². The Labute approximate surface area is 163 Å². The second-order valence-corrected chi connectivity index (χ2v) is 6.28. The van der Waals surface area contributed by atoms with Crippen LogP contribution in [0.1, 0.15) is 20.7 Å². The van der Waals surface area contributed by atoms with Crippen LogP contribution in [-0.4, -0.2) is 23.9 Å². The molecule has 0 aliphatic carbocycles. The molecule has 8 heteroatoms. The number of hydrogen-bond acceptors (Lipinski definition) is 6. The Kier molecular flexibility index (Phi) is 4.44. The summed E-state index contributed by atoms with van der Waals surface area (Å²) in [7, 11) is 1.16. The molecule has 1 aromatic heterocycles. The molecule has 144 valence electrons. The summed E-state index contributed by atoms with van der Waals surface area (Å²) in [6.45, 7) is 0. The third-order valence-electron chi connectivity index (χ3n) is 4.45. The van der Waals surface area contributed by atoms with Crippen molar-refractivity contribution in [2.75, 3.05) is 12.4 Å². The first-order chi connectivity index (χ1) is 14.0. The predicted octanol–water partition coefficient (Wildman–Crippen LogP) is 4.53. The van der Waals surface area contributed by atoms with Gasteiger partial charge in [0.25, 0.3) is 11.6 Å². The van der Waals surface area contributed by atoms with E-state index < -0.39 is 16.8 Å². The zero-order valence-corrected chi connectivity index (χ0v) is 15.2. The average molecular weight is 390 g/mol. The number of nitrogens with zero attached hydrogens (tertiary/aromatic N) is 1. The maximum Gasteiger partial charge on any atom is 0.338 e. The Morgan fingerprint density at radius 2 is 1.69 bits per heavy atom. The topological polar surface area (TPSA) is 112 Å². The molecule has 0 unspecified atom stereocenters. The Hall–Kier alpha value is -4.20. The van der Waals surface area contributed by atoms with Gasteiger partial charge < -0.3 is 14.5 Å². The molecule has 1 N–H and O–H groups in total. The molecule has 4 rings (SSSR count). The fourth-order valence-electron chi connectivity index (χ4n) is 3.09. The van der Waals surface area contributed by atoms with Gasteiger partial charge in [0.1, 0.15) is 11.2 Å². The van der Waals surface area contributed by atoms with Crippen molar-refractivity contribution >= 4 is 45.2 Å². The lowest BCUT2D eigenvalue weighted by Gasteiger charge is -2.07. The predicted molar refractivity (Wildman–Crippen MR) is 106 cm³/mol. The highest BCUT2D eigenvalue weighted by Gasteiger charge is 2.19. The molecule has 0 fully saturated rings. The molecule has 0 bridgehead atoms. The number of furan rings is 1. The summed E-state index contributed by atoms with van der Waals surface area (Å²) in [6.07, 6.45) is 0. The molecule has 0 radical (unpaired) electrons. The number of methoxy groups -OCH3 is 1. The number of ether oxygens (including phenoxy) is 1. The van der Waals surface area contributed by atoms with Gasteiger partial charge in [-0.2, -0.15) is 0 Å². The summed E-state index contributed by atoms with van der Waals surface area (Å²) in [5, 5.41) is 15.7. The maximum atomic E-state index is 12.6. The molecular formula is C21H14N2O6. The minimum Gasteiger partial charge on any atom is -0.465 e. The Balaban J connectivity index is 1.68. The van der Waals surface area contributed by atoms with E-state index >= 15 is 0 Å². The van der Waals surface area contributed by atoms with Crippen LogP contribution in [0.5, 0.6) is 0 Å². The van der Waals surface area contributed by atoms with Crippen LogP contribution < -0.4 is 5.32 Å². The number of amides is 1. The van der Waals surface area contributed by atoms with E-state index in [0.717, 1.165) is 35.6 Å². The zero-order valence-electron chi connectivity index (χ0n) is 15.2. The quantitative estimate of drug-likeness (QED) is 0.311. The number of esters is 1. The summed E-state index contributed by atoms with van der Waals surface area (Å²) in [6, 6.07) is 16.2. The van der Waals surface area contributed by atoms with E-state index in [9.17, 15) is 19.7 Å². The van der Waals surface area contributed by atoms with E-state index in [-0.39, 0.29) is 16.8 Å². The van der Waals surface area contributed by atoms with Crippen LogP contribution in [0.2, 0.25) is 0 Å². The molecule has 1 amide bonds. The van der Waals surface area contributed by atoms with Gasteiger partial charge in [-0.1, -0.05) is 18.2 Å². The number of anilines is 1. The first-order valence-corrected chi connectivity index (χ1v) is 8.57. The normalized spacial score (nSPS) is 10.8. The number of nitro groups is 1. The van der Waals surface area contributed by atoms with Gasteiger partial charge in [-0.05, 0) is 24.3 Å². The molecule has 0 atom stereocenters. The molecule has 29 heavy (non-hydrogen) atoms. The second kappa shape index (κ2) is 7.08. The van der Waals surface area contributed by atoms with Gasteiger partial charge in [0.05, 0.1) is 17.6 Å². The van der Waals surface area contributed by atoms with E-state index in [0.29, 0.717) is 11.3 Å². The van der Waals surface area contributed by atoms with Gasteiger partial charge in [0.2, 0.25) is 0 Å². The Morgan fingerprint density at radius 3 is 2.45 bits per heavy atom. The van der Waals surface area contributed by atoms with Crippen molar-refractivity contribution < 1.29 is 23.7 Å². The molecule has 1 heterocycles. The van der Waals surface area contributed by atoms with Crippen LogP contribution in [0, 0.1) is 10.1 Å². The number of benzene rings is 3. The molecule has 0 aliphatic rings. The number of para-hydroxylation sites is 1. The summed E-state index contributed by atoms with van der Waals surface area (Å²) in [5.74, 6) is -1.37. The zero-order chi connectivity index (χ0) is 20.5. The number of carbonyl (C=O) groups is 2. The maximum absolute atomic E-state index is 12.6. The summed E-state index contributed by atoms with van der Waals surface area (Å²) in [5.41, 5.74) is 1.27. The molecule has 0 saturated heterocycles. The fraction of sp³-hybridized carbons (Fsp3) is 0.0476. The lowest BCUT2D eigenvalue weighted by atomic mass is 10.1. The molecule has 4 aromatic rings. The van der Waals surface area contributed by atoms with Gasteiger partial charge in [0, 0.05) is 40.2 Å². The van der Waals surface area contributed by atoms with Gasteiger partial charge in [0.15, 0.2) is 0 Å². The van der Waals surface area contributed by atoms with Crippen molar-refractivity contribution in [3.05, 3.63) is 81.9 Å². The van der Waals surface area contributed by atoms with E-state index in [2.05, 4.69) is 10.1 Å². The minimum atomic E-state index is -0.772. The molecule has 0 aliphatic heterocycles. The number of non-ortho nitro benzene ring substituents is 1. The number of fused-ring (bicyclic) bond motifs is 3. The van der Waals surface area contributed by atoms with Crippen molar-refractivity contribution in [1.82, 2.24) is 0 Å². The van der Waals surface area contributed by atoms with Crippen LogP contribution in [0.4, 0.5) is 11.4 Å². The number of rotatable bonds is 4. The number of hydrogen-bond donors (Lipinski definition) is 1. The highest BCUT2D eigenvalue weighted by Crippen LogP contribution is 2.30. The third-order valence-corrected chi connectivity index (χ3v) is 4.45. The lowest BCUT2D eigenvalue weighted by molar-refractivity contribution is -0.384. The second-order valence-electron chi connectivity index (χ2n) is 6.28. The van der Waals surface area contributed by atoms with Crippen LogP contribution in [0.25, 0.3) is 21.9 Å². The number of nitrogens with one attached hydrogen (secondary N) is 1. The summed E-state index contributed by atoms with van der Waals surface area (Å²) < 4.78 is 10.4. The van der Waals surface area contributed by atoms with E-state index in [1.165, 1.54) is 6.07 Å². The first kappa shape index (κ1) is 18.2. The average Bonchev–Trinajstić information content (AvgIpc) is 3.10. The van der Waals surface area contributed by atoms with E-state index in [1.807, 2.05) is 30.3 Å². The smallest absolute Gasteiger partial charge is 0.338 e. The molecule has 0 spiro atoms. The molecule has 0 saturated carbocycles. The molecule has 8 nitrogen and oxygen atoms in total. The number of carbonyl (C=O) groups excluding carboxylic acids is 2. The van der Waals surface area contributed by atoms with Crippen LogP contribution in [0.15, 0.2) is 65.1 Å². The van der Waals surface area contributed by atoms with Crippen molar-refractivity contribution in [2.45, 2.75) is 0 Å². The third kappa shape index (κ3) is 3.39. The van der Waals surface area contributed by atoms with Gasteiger partial charge in [-0.3, -0.25) is 14.9 Å². The van der Waals surface area contributed by atoms with Crippen molar-refractivity contribution in [2.24, 2.45) is 0 Å². The first-order valence-electron chi connectivity index (χ1n) is 8.57. The van der Waals surface area contributed by atoms with Crippen LogP contribution in [0.3, 0.4) is 0 Å². The monoisotopic (exact) mass is 390 g/mol. The van der Waals surface area contributed by atoms with Crippen molar-refractivity contribution in [3.8, 4) is 0 Å². The molecule has 3 aromatic carbocycles. The standard InChI is InChI=1S/C21H14N2O6/c1-28-21(25)13-8-12(9-15(10-13)23(26)27)20(24)22-14-6-7-17-16-4-2-3-5-18(16)29-19(17)11-14/h2-11H,1H3,(H,22,24). The van der Waals surface area contributed by atoms with E-state index in [4.69, 9.17) is 4.42 Å². The highest BCUT2D eigenvalue weighted by atomic mass is 16.6. The van der Waals surface area contributed by atoms with Crippen molar-refractivity contribution in [1.29, 1.82) is 0 Å². The fourth-order valence-corrected chi connectivity index (χ4v) is 3.09. The lowest BCUT2D eigenvalue weighted by Crippen LogP contribution is -2.14. The van der Waals surface area contributed by atoms with Crippen molar-refractivity contribution in [3.63, 3.8) is 0 Å². The van der Waals surface area contributed by atoms with Gasteiger partial charge in [-0.25, -0.2) is 4.79 Å². The Bertz CT molecular complexity index is 1290. The van der Waals surface area contributed by atoms with E-state index in [1.54, 1.807) is 12.1 Å². The Morgan fingerprint density at radius 1 is 0.966 bits per heavy atom. The van der Waals surface area contributed by atoms with Gasteiger partial charge in [-0.15, -0.1) is 0 Å². The highest BCUT2D eigenvalue weighted by molar-refractivity contribution is 6.09.